The van der Waals surface area contributed by atoms with Crippen LogP contribution in [0.4, 0.5) is 5.69 Å². The predicted octanol–water partition coefficient (Wildman–Crippen LogP) is 4.66. The molecule has 106 valence electrons. The Morgan fingerprint density at radius 3 is 2.10 bits per heavy atom. The van der Waals surface area contributed by atoms with E-state index in [1.807, 2.05) is 0 Å². The Labute approximate surface area is 123 Å². The first-order chi connectivity index (χ1) is 9.48. The van der Waals surface area contributed by atoms with Crippen molar-refractivity contribution in [3.05, 3.63) is 53.6 Å². The maximum absolute atomic E-state index is 12.4. The van der Waals surface area contributed by atoms with Gasteiger partial charge in [-0.15, -0.1) is 0 Å². The summed E-state index contributed by atoms with van der Waals surface area (Å²) in [7, 11) is -1.42. The van der Waals surface area contributed by atoms with Crippen molar-refractivity contribution in [3.63, 3.8) is 0 Å². The number of hydrogen-bond acceptors (Lipinski definition) is 3. The van der Waals surface area contributed by atoms with E-state index in [-0.39, 0.29) is 0 Å². The van der Waals surface area contributed by atoms with E-state index in [0.717, 1.165) is 0 Å². The first-order valence-corrected chi connectivity index (χ1v) is 8.38. The highest BCUT2D eigenvalue weighted by molar-refractivity contribution is 7.60. The lowest BCUT2D eigenvalue weighted by Crippen LogP contribution is -2.02. The largest absolute Gasteiger partial charge is 0.497 e. The Morgan fingerprint density at radius 1 is 1.00 bits per heavy atom. The van der Waals surface area contributed by atoms with E-state index in [9.17, 15) is 4.57 Å². The van der Waals surface area contributed by atoms with Crippen molar-refractivity contribution in [2.45, 2.75) is 0 Å². The normalized spacial score (nSPS) is 13.3. The summed E-state index contributed by atoms with van der Waals surface area (Å²) in [5.41, 5.74) is 0.689. The van der Waals surface area contributed by atoms with Gasteiger partial charge in [-0.05, 0) is 48.5 Å². The van der Waals surface area contributed by atoms with Crippen molar-refractivity contribution >= 4 is 24.8 Å². The number of nitrogens with one attached hydrogen (secondary N) is 1. The molecule has 0 heterocycles. The highest BCUT2D eigenvalue weighted by Crippen LogP contribution is 2.43. The molecule has 0 saturated heterocycles. The zero-order valence-electron chi connectivity index (χ0n) is 11.2. The SMILES string of the molecule is COc1ccc(OP(C)(=O)Nc2ccc(Cl)cc2)cc1. The molecule has 0 radical (unpaired) electrons. The molecule has 1 unspecified atom stereocenters. The van der Waals surface area contributed by atoms with E-state index in [1.54, 1.807) is 55.6 Å². The first-order valence-electron chi connectivity index (χ1n) is 5.93. The molecule has 1 N–H and O–H groups in total. The van der Waals surface area contributed by atoms with Crippen LogP contribution in [-0.4, -0.2) is 13.8 Å². The summed E-state index contributed by atoms with van der Waals surface area (Å²) in [5, 5.41) is 3.49. The number of ether oxygens (including phenoxy) is 1. The van der Waals surface area contributed by atoms with E-state index < -0.39 is 7.52 Å². The van der Waals surface area contributed by atoms with Crippen LogP contribution in [0.3, 0.4) is 0 Å². The van der Waals surface area contributed by atoms with E-state index >= 15 is 0 Å². The van der Waals surface area contributed by atoms with Gasteiger partial charge < -0.3 is 14.3 Å². The summed E-state index contributed by atoms with van der Waals surface area (Å²) in [6.45, 7) is 1.52. The van der Waals surface area contributed by atoms with Gasteiger partial charge in [-0.2, -0.15) is 0 Å². The van der Waals surface area contributed by atoms with Crippen LogP contribution in [0.2, 0.25) is 5.02 Å². The number of methoxy groups -OCH3 is 1. The summed E-state index contributed by atoms with van der Waals surface area (Å²) in [4.78, 5) is 0. The van der Waals surface area contributed by atoms with Gasteiger partial charge in [0.15, 0.2) is 0 Å². The van der Waals surface area contributed by atoms with E-state index in [4.69, 9.17) is 20.9 Å². The zero-order chi connectivity index (χ0) is 14.6. The molecule has 0 aromatic heterocycles. The molecular weight excluding hydrogens is 297 g/mol. The third-order valence-electron chi connectivity index (χ3n) is 2.52. The van der Waals surface area contributed by atoms with Crippen LogP contribution in [0.15, 0.2) is 48.5 Å². The fraction of sp³-hybridized carbons (Fsp3) is 0.143. The van der Waals surface area contributed by atoms with Gasteiger partial charge in [0.1, 0.15) is 11.5 Å². The van der Waals surface area contributed by atoms with Crippen LogP contribution in [0, 0.1) is 0 Å². The Hall–Kier alpha value is -1.64. The molecule has 0 aliphatic carbocycles. The van der Waals surface area contributed by atoms with Crippen LogP contribution < -0.4 is 14.3 Å². The molecule has 2 rings (SSSR count). The van der Waals surface area contributed by atoms with Gasteiger partial charge in [-0.1, -0.05) is 11.6 Å². The molecule has 0 aliphatic rings. The molecule has 0 bridgehead atoms. The second-order valence-corrected chi connectivity index (χ2v) is 6.77. The second-order valence-electron chi connectivity index (χ2n) is 4.23. The van der Waals surface area contributed by atoms with Gasteiger partial charge in [0, 0.05) is 17.4 Å². The summed E-state index contributed by atoms with van der Waals surface area (Å²) >= 11 is 5.80. The quantitative estimate of drug-likeness (QED) is 0.816. The van der Waals surface area contributed by atoms with Crippen LogP contribution in [0.1, 0.15) is 0 Å². The van der Waals surface area contributed by atoms with Crippen molar-refractivity contribution in [2.24, 2.45) is 0 Å². The third-order valence-corrected chi connectivity index (χ3v) is 3.99. The standard InChI is InChI=1S/C14H15ClNO3P/c1-18-13-7-9-14(10-8-13)19-20(2,17)16-12-5-3-11(15)4-6-12/h3-10H,1-2H3,(H,16,17). The van der Waals surface area contributed by atoms with E-state index in [1.165, 1.54) is 6.66 Å². The molecule has 0 amide bonds. The minimum atomic E-state index is -3.01. The number of halogens is 1. The summed E-state index contributed by atoms with van der Waals surface area (Å²) < 4.78 is 22.9. The van der Waals surface area contributed by atoms with E-state index in [0.29, 0.717) is 22.2 Å². The van der Waals surface area contributed by atoms with Crippen molar-refractivity contribution in [2.75, 3.05) is 18.9 Å². The van der Waals surface area contributed by atoms with Gasteiger partial charge in [0.2, 0.25) is 0 Å². The van der Waals surface area contributed by atoms with Gasteiger partial charge in [-0.25, -0.2) is 0 Å². The van der Waals surface area contributed by atoms with Crippen molar-refractivity contribution < 1.29 is 13.8 Å². The fourth-order valence-corrected chi connectivity index (χ4v) is 2.93. The monoisotopic (exact) mass is 311 g/mol. The molecule has 0 saturated carbocycles. The minimum Gasteiger partial charge on any atom is -0.497 e. The summed E-state index contributed by atoms with van der Waals surface area (Å²) in [6.07, 6.45) is 0. The van der Waals surface area contributed by atoms with Crippen molar-refractivity contribution in [1.82, 2.24) is 0 Å². The Morgan fingerprint density at radius 2 is 1.55 bits per heavy atom. The van der Waals surface area contributed by atoms with Crippen molar-refractivity contribution in [3.8, 4) is 11.5 Å². The van der Waals surface area contributed by atoms with Gasteiger partial charge in [0.25, 0.3) is 0 Å². The van der Waals surface area contributed by atoms with Gasteiger partial charge >= 0.3 is 7.52 Å². The lowest BCUT2D eigenvalue weighted by molar-refractivity contribution is 0.413. The highest BCUT2D eigenvalue weighted by atomic mass is 35.5. The van der Waals surface area contributed by atoms with Crippen LogP contribution in [0.5, 0.6) is 11.5 Å². The average Bonchev–Trinajstić information content (AvgIpc) is 2.41. The zero-order valence-corrected chi connectivity index (χ0v) is 12.8. The maximum Gasteiger partial charge on any atom is 0.338 e. The molecule has 0 fully saturated rings. The predicted molar refractivity (Wildman–Crippen MR) is 82.2 cm³/mol. The van der Waals surface area contributed by atoms with Crippen molar-refractivity contribution in [1.29, 1.82) is 0 Å². The summed E-state index contributed by atoms with van der Waals surface area (Å²) in [6, 6.07) is 13.8. The van der Waals surface area contributed by atoms with Crippen LogP contribution in [-0.2, 0) is 4.57 Å². The number of rotatable bonds is 5. The first kappa shape index (κ1) is 14.8. The molecule has 1 atom stereocenters. The summed E-state index contributed by atoms with van der Waals surface area (Å²) in [5.74, 6) is 1.23. The Bertz CT molecular complexity index is 613. The molecular formula is C14H15ClNO3P. The van der Waals surface area contributed by atoms with Gasteiger partial charge in [0.05, 0.1) is 7.11 Å². The lowest BCUT2D eigenvalue weighted by atomic mass is 10.3. The molecule has 2 aromatic carbocycles. The molecule has 6 heteroatoms. The Kier molecular flexibility index (Phi) is 4.58. The van der Waals surface area contributed by atoms with E-state index in [2.05, 4.69) is 5.09 Å². The third kappa shape index (κ3) is 4.19. The number of hydrogen-bond donors (Lipinski definition) is 1. The topological polar surface area (TPSA) is 47.6 Å². The number of benzene rings is 2. The molecule has 0 aliphatic heterocycles. The molecule has 0 spiro atoms. The van der Waals surface area contributed by atoms with Crippen LogP contribution in [0.25, 0.3) is 0 Å². The fourth-order valence-electron chi connectivity index (χ4n) is 1.62. The number of anilines is 1. The maximum atomic E-state index is 12.4. The van der Waals surface area contributed by atoms with Gasteiger partial charge in [-0.3, -0.25) is 4.57 Å². The Balaban J connectivity index is 2.06. The smallest absolute Gasteiger partial charge is 0.338 e. The lowest BCUT2D eigenvalue weighted by Gasteiger charge is -2.17. The van der Waals surface area contributed by atoms with Crippen LogP contribution >= 0.6 is 19.1 Å². The molecule has 4 nitrogen and oxygen atoms in total. The molecule has 20 heavy (non-hydrogen) atoms. The highest BCUT2D eigenvalue weighted by Gasteiger charge is 2.17. The minimum absolute atomic E-state index is 0.512. The molecule has 2 aromatic rings. The average molecular weight is 312 g/mol. The second kappa shape index (κ2) is 6.21.